The van der Waals surface area contributed by atoms with E-state index in [0.717, 1.165) is 19.6 Å². The molecule has 0 unspecified atom stereocenters. The van der Waals surface area contributed by atoms with Crippen LogP contribution in [0.5, 0.6) is 11.5 Å². The quantitative estimate of drug-likeness (QED) is 0.526. The number of hydrogen-bond acceptors (Lipinski definition) is 6. The molecule has 0 aromatic heterocycles. The molecule has 1 aliphatic rings. The van der Waals surface area contributed by atoms with Gasteiger partial charge in [-0.25, -0.2) is 0 Å². The molecular formula is C21H25N3O5. The fourth-order valence-electron chi connectivity index (χ4n) is 3.35. The van der Waals surface area contributed by atoms with Crippen molar-refractivity contribution < 1.29 is 19.2 Å². The molecule has 1 saturated heterocycles. The summed E-state index contributed by atoms with van der Waals surface area (Å²) >= 11 is 0. The molecule has 1 heterocycles. The van der Waals surface area contributed by atoms with E-state index in [1.807, 2.05) is 0 Å². The van der Waals surface area contributed by atoms with Crippen molar-refractivity contribution in [2.45, 2.75) is 13.5 Å². The largest absolute Gasteiger partial charge is 0.493 e. The summed E-state index contributed by atoms with van der Waals surface area (Å²) in [4.78, 5) is 27.0. The molecule has 8 heteroatoms. The molecule has 1 fully saturated rings. The van der Waals surface area contributed by atoms with E-state index in [-0.39, 0.29) is 24.0 Å². The molecule has 3 rings (SSSR count). The number of methoxy groups -OCH3 is 1. The van der Waals surface area contributed by atoms with Crippen molar-refractivity contribution >= 4 is 11.6 Å². The average Bonchev–Trinajstić information content (AvgIpc) is 2.72. The highest BCUT2D eigenvalue weighted by molar-refractivity contribution is 5.78. The van der Waals surface area contributed by atoms with E-state index in [2.05, 4.69) is 36.1 Å². The van der Waals surface area contributed by atoms with Crippen molar-refractivity contribution in [1.82, 2.24) is 9.80 Å². The Morgan fingerprint density at radius 3 is 2.52 bits per heavy atom. The Hall–Kier alpha value is -3.13. The molecule has 29 heavy (non-hydrogen) atoms. The van der Waals surface area contributed by atoms with E-state index >= 15 is 0 Å². The lowest BCUT2D eigenvalue weighted by molar-refractivity contribution is -0.385. The number of piperazine rings is 1. The Morgan fingerprint density at radius 2 is 1.86 bits per heavy atom. The van der Waals surface area contributed by atoms with Gasteiger partial charge in [0.25, 0.3) is 11.6 Å². The first-order valence-electron chi connectivity index (χ1n) is 9.47. The number of hydrogen-bond donors (Lipinski definition) is 0. The number of ether oxygens (including phenoxy) is 2. The second-order valence-corrected chi connectivity index (χ2v) is 7.03. The molecule has 0 atom stereocenters. The molecule has 0 spiro atoms. The minimum absolute atomic E-state index is 0.113. The predicted octanol–water partition coefficient (Wildman–Crippen LogP) is 2.64. The number of benzene rings is 2. The predicted molar refractivity (Wildman–Crippen MR) is 108 cm³/mol. The van der Waals surface area contributed by atoms with Crippen molar-refractivity contribution in [3.63, 3.8) is 0 Å². The molecule has 2 aromatic carbocycles. The summed E-state index contributed by atoms with van der Waals surface area (Å²) in [5, 5.41) is 10.9. The molecule has 1 aliphatic heterocycles. The van der Waals surface area contributed by atoms with Crippen LogP contribution in [-0.2, 0) is 11.3 Å². The zero-order chi connectivity index (χ0) is 20.8. The first-order valence-corrected chi connectivity index (χ1v) is 9.47. The van der Waals surface area contributed by atoms with Crippen LogP contribution in [0.25, 0.3) is 0 Å². The van der Waals surface area contributed by atoms with Crippen LogP contribution in [0.2, 0.25) is 0 Å². The Kier molecular flexibility index (Phi) is 6.66. The number of non-ortho nitro benzene ring substituents is 1. The molecule has 1 amide bonds. The number of nitrogens with zero attached hydrogens (tertiary/aromatic N) is 3. The third kappa shape index (κ3) is 5.45. The minimum atomic E-state index is -0.512. The number of nitro groups is 1. The van der Waals surface area contributed by atoms with Gasteiger partial charge in [-0.1, -0.05) is 29.8 Å². The Labute approximate surface area is 169 Å². The molecule has 8 nitrogen and oxygen atoms in total. The van der Waals surface area contributed by atoms with Gasteiger partial charge in [-0.2, -0.15) is 0 Å². The Morgan fingerprint density at radius 1 is 1.10 bits per heavy atom. The van der Waals surface area contributed by atoms with Crippen LogP contribution in [0.15, 0.2) is 42.5 Å². The lowest BCUT2D eigenvalue weighted by Gasteiger charge is -2.34. The molecule has 0 aliphatic carbocycles. The van der Waals surface area contributed by atoms with Crippen molar-refractivity contribution in [2.75, 3.05) is 39.9 Å². The van der Waals surface area contributed by atoms with Crippen LogP contribution in [0.3, 0.4) is 0 Å². The Balaban J connectivity index is 1.51. The maximum atomic E-state index is 12.5. The van der Waals surface area contributed by atoms with Gasteiger partial charge in [0, 0.05) is 38.8 Å². The van der Waals surface area contributed by atoms with Gasteiger partial charge < -0.3 is 14.4 Å². The highest BCUT2D eigenvalue weighted by Crippen LogP contribution is 2.31. The van der Waals surface area contributed by atoms with Crippen LogP contribution >= 0.6 is 0 Å². The van der Waals surface area contributed by atoms with Crippen LogP contribution < -0.4 is 9.47 Å². The van der Waals surface area contributed by atoms with E-state index in [0.29, 0.717) is 18.8 Å². The molecular weight excluding hydrogens is 374 g/mol. The van der Waals surface area contributed by atoms with Crippen LogP contribution in [0.4, 0.5) is 5.69 Å². The van der Waals surface area contributed by atoms with Gasteiger partial charge in [0.2, 0.25) is 0 Å². The summed E-state index contributed by atoms with van der Waals surface area (Å²) in [7, 11) is 1.45. The monoisotopic (exact) mass is 399 g/mol. The second kappa shape index (κ2) is 9.38. The van der Waals surface area contributed by atoms with Crippen LogP contribution in [0, 0.1) is 17.0 Å². The number of amides is 1. The van der Waals surface area contributed by atoms with Gasteiger partial charge in [0.1, 0.15) is 0 Å². The van der Waals surface area contributed by atoms with Gasteiger partial charge in [-0.05, 0) is 18.6 Å². The highest BCUT2D eigenvalue weighted by Gasteiger charge is 2.22. The molecule has 2 aromatic rings. The average molecular weight is 399 g/mol. The standard InChI is InChI=1S/C21H25N3O5/c1-16-4-3-5-17(12-16)14-22-8-10-23(11-9-22)21(25)15-29-20-13-18(24(26)27)6-7-19(20)28-2/h3-7,12-13H,8-11,14-15H2,1-2H3. The van der Waals surface area contributed by atoms with Gasteiger partial charge in [-0.3, -0.25) is 19.8 Å². The molecule has 0 saturated carbocycles. The fraction of sp³-hybridized carbons (Fsp3) is 0.381. The summed E-state index contributed by atoms with van der Waals surface area (Å²) in [6.45, 7) is 5.59. The maximum absolute atomic E-state index is 12.5. The van der Waals surface area contributed by atoms with Gasteiger partial charge in [-0.15, -0.1) is 0 Å². The zero-order valence-electron chi connectivity index (χ0n) is 16.7. The summed E-state index contributed by atoms with van der Waals surface area (Å²) in [5.74, 6) is 0.397. The lowest BCUT2D eigenvalue weighted by atomic mass is 10.1. The normalized spacial score (nSPS) is 14.5. The molecule has 154 valence electrons. The summed E-state index contributed by atoms with van der Waals surface area (Å²) in [5.41, 5.74) is 2.40. The molecule has 0 N–H and O–H groups in total. The third-order valence-electron chi connectivity index (χ3n) is 4.92. The smallest absolute Gasteiger partial charge is 0.273 e. The van der Waals surface area contributed by atoms with Gasteiger partial charge >= 0.3 is 0 Å². The van der Waals surface area contributed by atoms with E-state index in [1.54, 1.807) is 4.90 Å². The number of aryl methyl sites for hydroxylation is 1. The number of carbonyl (C=O) groups excluding carboxylic acids is 1. The minimum Gasteiger partial charge on any atom is -0.493 e. The second-order valence-electron chi connectivity index (χ2n) is 7.03. The maximum Gasteiger partial charge on any atom is 0.273 e. The lowest BCUT2D eigenvalue weighted by Crippen LogP contribution is -2.49. The topological polar surface area (TPSA) is 85.2 Å². The molecule has 0 bridgehead atoms. The third-order valence-corrected chi connectivity index (χ3v) is 4.92. The van der Waals surface area contributed by atoms with Crippen LogP contribution in [-0.4, -0.2) is 60.5 Å². The van der Waals surface area contributed by atoms with Gasteiger partial charge in [0.15, 0.2) is 18.1 Å². The first kappa shape index (κ1) is 20.6. The van der Waals surface area contributed by atoms with E-state index in [1.165, 1.54) is 36.4 Å². The summed E-state index contributed by atoms with van der Waals surface area (Å²) < 4.78 is 10.7. The van der Waals surface area contributed by atoms with E-state index < -0.39 is 4.92 Å². The summed E-state index contributed by atoms with van der Waals surface area (Å²) in [6, 6.07) is 12.5. The highest BCUT2D eigenvalue weighted by atomic mass is 16.6. The molecule has 0 radical (unpaired) electrons. The zero-order valence-corrected chi connectivity index (χ0v) is 16.7. The first-order chi connectivity index (χ1) is 14.0. The summed E-state index contributed by atoms with van der Waals surface area (Å²) in [6.07, 6.45) is 0. The number of rotatable bonds is 7. The van der Waals surface area contributed by atoms with E-state index in [9.17, 15) is 14.9 Å². The van der Waals surface area contributed by atoms with Gasteiger partial charge in [0.05, 0.1) is 18.1 Å². The number of carbonyl (C=O) groups is 1. The van der Waals surface area contributed by atoms with Crippen molar-refractivity contribution in [1.29, 1.82) is 0 Å². The number of nitro benzene ring substituents is 1. The van der Waals surface area contributed by atoms with E-state index in [4.69, 9.17) is 9.47 Å². The fourth-order valence-corrected chi connectivity index (χ4v) is 3.35. The Bertz CT molecular complexity index is 878. The van der Waals surface area contributed by atoms with Crippen LogP contribution in [0.1, 0.15) is 11.1 Å². The van der Waals surface area contributed by atoms with Crippen molar-refractivity contribution in [3.8, 4) is 11.5 Å². The van der Waals surface area contributed by atoms with Crippen molar-refractivity contribution in [3.05, 3.63) is 63.7 Å². The van der Waals surface area contributed by atoms with Crippen molar-refractivity contribution in [2.24, 2.45) is 0 Å². The SMILES string of the molecule is COc1ccc([N+](=O)[O-])cc1OCC(=O)N1CCN(Cc2cccc(C)c2)CC1.